The number of hydrogen-bond acceptors (Lipinski definition) is 2. The molecule has 1 heterocycles. The molecule has 1 aromatic heterocycles. The molecule has 0 radical (unpaired) electrons. The fourth-order valence-electron chi connectivity index (χ4n) is 2.94. The Kier molecular flexibility index (Phi) is 4.88. The van der Waals surface area contributed by atoms with Gasteiger partial charge in [0, 0.05) is 22.1 Å². The maximum absolute atomic E-state index is 12.4. The molecule has 3 aromatic rings. The molecule has 0 saturated carbocycles. The van der Waals surface area contributed by atoms with Crippen LogP contribution in [0, 0.1) is 6.92 Å². The van der Waals surface area contributed by atoms with E-state index in [9.17, 15) is 9.90 Å². The van der Waals surface area contributed by atoms with E-state index in [1.807, 2.05) is 31.3 Å². The second-order valence-corrected chi connectivity index (χ2v) is 6.28. The minimum absolute atomic E-state index is 0.131. The van der Waals surface area contributed by atoms with Crippen LogP contribution in [0.2, 0.25) is 5.02 Å². The zero-order valence-corrected chi connectivity index (χ0v) is 14.1. The highest BCUT2D eigenvalue weighted by Crippen LogP contribution is 2.23. The molecule has 0 saturated heterocycles. The first kappa shape index (κ1) is 16.6. The van der Waals surface area contributed by atoms with Gasteiger partial charge in [-0.2, -0.15) is 0 Å². The molecule has 4 nitrogen and oxygen atoms in total. The lowest BCUT2D eigenvalue weighted by molar-refractivity contribution is -0.121. The monoisotopic (exact) mass is 342 g/mol. The average molecular weight is 343 g/mol. The van der Waals surface area contributed by atoms with E-state index in [1.54, 1.807) is 24.3 Å². The lowest BCUT2D eigenvalue weighted by Crippen LogP contribution is -2.31. The molecule has 1 amide bonds. The Balaban J connectivity index is 1.75. The van der Waals surface area contributed by atoms with Crippen LogP contribution in [0.1, 0.15) is 22.7 Å². The fraction of sp³-hybridized carbons (Fsp3) is 0.211. The molecule has 0 aliphatic rings. The number of amides is 1. The molecule has 0 fully saturated rings. The minimum Gasteiger partial charge on any atom is -0.394 e. The number of fused-ring (bicyclic) bond motifs is 1. The van der Waals surface area contributed by atoms with Gasteiger partial charge >= 0.3 is 0 Å². The summed E-state index contributed by atoms with van der Waals surface area (Å²) in [7, 11) is 0. The molecule has 24 heavy (non-hydrogen) atoms. The molecule has 3 rings (SSSR count). The molecule has 124 valence electrons. The number of rotatable bonds is 5. The highest BCUT2D eigenvalue weighted by Gasteiger charge is 2.16. The van der Waals surface area contributed by atoms with Crippen molar-refractivity contribution < 1.29 is 9.90 Å². The highest BCUT2D eigenvalue weighted by molar-refractivity contribution is 6.30. The fourth-order valence-corrected chi connectivity index (χ4v) is 3.06. The van der Waals surface area contributed by atoms with Gasteiger partial charge in [0.25, 0.3) is 0 Å². The maximum atomic E-state index is 12.4. The van der Waals surface area contributed by atoms with Crippen molar-refractivity contribution in [3.63, 3.8) is 0 Å². The van der Waals surface area contributed by atoms with Crippen LogP contribution in [0.25, 0.3) is 10.9 Å². The van der Waals surface area contributed by atoms with E-state index in [4.69, 9.17) is 11.6 Å². The topological polar surface area (TPSA) is 65.1 Å². The molecule has 3 N–H and O–H groups in total. The molecule has 0 spiro atoms. The summed E-state index contributed by atoms with van der Waals surface area (Å²) in [4.78, 5) is 15.6. The number of benzene rings is 2. The van der Waals surface area contributed by atoms with E-state index < -0.39 is 6.04 Å². The van der Waals surface area contributed by atoms with E-state index in [0.29, 0.717) is 5.02 Å². The van der Waals surface area contributed by atoms with Crippen LogP contribution < -0.4 is 5.32 Å². The SMILES string of the molecule is Cc1cccc2[nH]cc(CC(=O)NC(CO)c3ccc(Cl)cc3)c12. The zero-order chi connectivity index (χ0) is 17.1. The van der Waals surface area contributed by atoms with E-state index in [0.717, 1.165) is 27.6 Å². The van der Waals surface area contributed by atoms with Crippen LogP contribution in [0.3, 0.4) is 0 Å². The quantitative estimate of drug-likeness (QED) is 0.664. The number of aliphatic hydroxyl groups is 1. The lowest BCUT2D eigenvalue weighted by Gasteiger charge is -2.17. The van der Waals surface area contributed by atoms with Crippen molar-refractivity contribution in [3.05, 3.63) is 70.4 Å². The van der Waals surface area contributed by atoms with Crippen molar-refractivity contribution in [1.82, 2.24) is 10.3 Å². The summed E-state index contributed by atoms with van der Waals surface area (Å²) in [5.41, 5.74) is 3.93. The average Bonchev–Trinajstić information content (AvgIpc) is 2.98. The molecular weight excluding hydrogens is 324 g/mol. The predicted molar refractivity (Wildman–Crippen MR) is 96.2 cm³/mol. The summed E-state index contributed by atoms with van der Waals surface area (Å²) in [5, 5.41) is 14.2. The van der Waals surface area contributed by atoms with Crippen LogP contribution >= 0.6 is 11.6 Å². The molecule has 5 heteroatoms. The second-order valence-electron chi connectivity index (χ2n) is 5.84. The van der Waals surface area contributed by atoms with Crippen LogP contribution in [-0.2, 0) is 11.2 Å². The molecule has 1 atom stereocenters. The lowest BCUT2D eigenvalue weighted by atomic mass is 10.0. The zero-order valence-electron chi connectivity index (χ0n) is 13.3. The van der Waals surface area contributed by atoms with Crippen molar-refractivity contribution in [2.45, 2.75) is 19.4 Å². The number of H-pyrrole nitrogens is 1. The Hall–Kier alpha value is -2.30. The number of nitrogens with one attached hydrogen (secondary N) is 2. The van der Waals surface area contributed by atoms with Crippen molar-refractivity contribution in [3.8, 4) is 0 Å². The van der Waals surface area contributed by atoms with Gasteiger partial charge in [0.2, 0.25) is 5.91 Å². The van der Waals surface area contributed by atoms with Gasteiger partial charge in [0.05, 0.1) is 19.1 Å². The molecule has 2 aromatic carbocycles. The van der Waals surface area contributed by atoms with E-state index in [-0.39, 0.29) is 18.9 Å². The summed E-state index contributed by atoms with van der Waals surface area (Å²) < 4.78 is 0. The van der Waals surface area contributed by atoms with E-state index in [1.165, 1.54) is 0 Å². The summed E-state index contributed by atoms with van der Waals surface area (Å²) in [6, 6.07) is 12.7. The largest absolute Gasteiger partial charge is 0.394 e. The Labute approximate surface area is 145 Å². The van der Waals surface area contributed by atoms with Gasteiger partial charge in [-0.25, -0.2) is 0 Å². The van der Waals surface area contributed by atoms with Gasteiger partial charge in [-0.3, -0.25) is 4.79 Å². The van der Waals surface area contributed by atoms with Crippen LogP contribution in [-0.4, -0.2) is 22.6 Å². The van der Waals surface area contributed by atoms with Gasteiger partial charge in [-0.05, 0) is 41.8 Å². The first-order valence-electron chi connectivity index (χ1n) is 7.79. The number of carbonyl (C=O) groups excluding carboxylic acids is 1. The van der Waals surface area contributed by atoms with Crippen LogP contribution in [0.15, 0.2) is 48.7 Å². The number of halogens is 1. The Morgan fingerprint density at radius 2 is 2.00 bits per heavy atom. The maximum Gasteiger partial charge on any atom is 0.225 e. The Morgan fingerprint density at radius 3 is 2.71 bits per heavy atom. The van der Waals surface area contributed by atoms with Crippen LogP contribution in [0.5, 0.6) is 0 Å². The van der Waals surface area contributed by atoms with Gasteiger partial charge in [-0.1, -0.05) is 35.9 Å². The van der Waals surface area contributed by atoms with Gasteiger partial charge < -0.3 is 15.4 Å². The first-order valence-corrected chi connectivity index (χ1v) is 8.17. The number of hydrogen-bond donors (Lipinski definition) is 3. The third-order valence-electron chi connectivity index (χ3n) is 4.14. The highest BCUT2D eigenvalue weighted by atomic mass is 35.5. The number of aliphatic hydroxyl groups excluding tert-OH is 1. The van der Waals surface area contributed by atoms with Crippen molar-refractivity contribution in [2.24, 2.45) is 0 Å². The van der Waals surface area contributed by atoms with Crippen molar-refractivity contribution >= 4 is 28.4 Å². The second kappa shape index (κ2) is 7.07. The Morgan fingerprint density at radius 1 is 1.25 bits per heavy atom. The number of carbonyl (C=O) groups is 1. The first-order chi connectivity index (χ1) is 11.6. The Bertz CT molecular complexity index is 855. The molecule has 0 aliphatic carbocycles. The third-order valence-corrected chi connectivity index (χ3v) is 4.39. The summed E-state index contributed by atoms with van der Waals surface area (Å²) in [6.45, 7) is 1.86. The van der Waals surface area contributed by atoms with Crippen LogP contribution in [0.4, 0.5) is 0 Å². The molecule has 0 bridgehead atoms. The number of aromatic nitrogens is 1. The summed E-state index contributed by atoms with van der Waals surface area (Å²) in [5.74, 6) is -0.131. The number of aryl methyl sites for hydroxylation is 1. The van der Waals surface area contributed by atoms with E-state index in [2.05, 4.69) is 10.3 Å². The van der Waals surface area contributed by atoms with Gasteiger partial charge in [-0.15, -0.1) is 0 Å². The van der Waals surface area contributed by atoms with Gasteiger partial charge in [0.15, 0.2) is 0 Å². The van der Waals surface area contributed by atoms with Crippen molar-refractivity contribution in [2.75, 3.05) is 6.61 Å². The summed E-state index contributed by atoms with van der Waals surface area (Å²) >= 11 is 5.88. The smallest absolute Gasteiger partial charge is 0.225 e. The molecule has 1 unspecified atom stereocenters. The normalized spacial score (nSPS) is 12.3. The minimum atomic E-state index is -0.443. The summed E-state index contributed by atoms with van der Waals surface area (Å²) in [6.07, 6.45) is 2.13. The molecule has 0 aliphatic heterocycles. The standard InChI is InChI=1S/C19H19ClN2O2/c1-12-3-2-4-16-19(12)14(10-21-16)9-18(24)22-17(11-23)13-5-7-15(20)8-6-13/h2-8,10,17,21,23H,9,11H2,1H3,(H,22,24). The third kappa shape index (κ3) is 3.45. The van der Waals surface area contributed by atoms with E-state index >= 15 is 0 Å². The number of aromatic amines is 1. The van der Waals surface area contributed by atoms with Gasteiger partial charge in [0.1, 0.15) is 0 Å². The predicted octanol–water partition coefficient (Wildman–Crippen LogP) is 3.52. The molecular formula is C19H19ClN2O2. The van der Waals surface area contributed by atoms with Crippen molar-refractivity contribution in [1.29, 1.82) is 0 Å².